The Hall–Kier alpha value is -2.56. The fourth-order valence-corrected chi connectivity index (χ4v) is 1.67. The summed E-state index contributed by atoms with van der Waals surface area (Å²) in [6.45, 7) is 0. The smallest absolute Gasteiger partial charge is 0.337 e. The molecule has 5 heteroatoms. The summed E-state index contributed by atoms with van der Waals surface area (Å²) in [7, 11) is 1.37. The van der Waals surface area contributed by atoms with E-state index in [9.17, 15) is 9.18 Å². The molecule has 0 fully saturated rings. The molecule has 98 valence electrons. The molecule has 0 radical (unpaired) electrons. The van der Waals surface area contributed by atoms with Crippen molar-refractivity contribution in [2.45, 2.75) is 0 Å². The van der Waals surface area contributed by atoms with E-state index in [4.69, 9.17) is 9.84 Å². The van der Waals surface area contributed by atoms with Gasteiger partial charge in [0, 0.05) is 11.8 Å². The predicted molar refractivity (Wildman–Crippen MR) is 69.6 cm³/mol. The highest BCUT2D eigenvalue weighted by atomic mass is 19.1. The van der Waals surface area contributed by atoms with Crippen LogP contribution in [0.2, 0.25) is 0 Å². The highest BCUT2D eigenvalue weighted by Crippen LogP contribution is 2.26. The van der Waals surface area contributed by atoms with Crippen molar-refractivity contribution in [1.82, 2.24) is 0 Å². The number of carboxylic acid groups (broad SMARTS) is 1. The van der Waals surface area contributed by atoms with Crippen LogP contribution in [0, 0.1) is 5.82 Å². The molecule has 0 bridgehead atoms. The summed E-state index contributed by atoms with van der Waals surface area (Å²) < 4.78 is 18.1. The molecule has 2 rings (SSSR count). The first-order valence-electron chi connectivity index (χ1n) is 5.54. The van der Waals surface area contributed by atoms with Crippen molar-refractivity contribution in [3.05, 3.63) is 53.8 Å². The van der Waals surface area contributed by atoms with Crippen LogP contribution in [0.4, 0.5) is 15.8 Å². The molecular formula is C14H12FNO3. The van der Waals surface area contributed by atoms with E-state index in [1.165, 1.54) is 31.4 Å². The van der Waals surface area contributed by atoms with E-state index in [-0.39, 0.29) is 11.3 Å². The average molecular weight is 261 g/mol. The third kappa shape index (κ3) is 2.82. The molecule has 0 saturated heterocycles. The second-order valence-corrected chi connectivity index (χ2v) is 3.83. The number of rotatable bonds is 4. The minimum absolute atomic E-state index is 0.0952. The molecule has 4 nitrogen and oxygen atoms in total. The predicted octanol–water partition coefficient (Wildman–Crippen LogP) is 3.28. The molecule has 0 heterocycles. The molecule has 2 N–H and O–H groups in total. The highest BCUT2D eigenvalue weighted by Gasteiger charge is 2.10. The summed E-state index contributed by atoms with van der Waals surface area (Å²) >= 11 is 0. The van der Waals surface area contributed by atoms with Crippen molar-refractivity contribution < 1.29 is 19.0 Å². The normalized spacial score (nSPS) is 10.0. The van der Waals surface area contributed by atoms with Gasteiger partial charge >= 0.3 is 5.97 Å². The van der Waals surface area contributed by atoms with Gasteiger partial charge in [0.1, 0.15) is 0 Å². The molecule has 19 heavy (non-hydrogen) atoms. The number of anilines is 2. The molecule has 2 aromatic carbocycles. The summed E-state index contributed by atoms with van der Waals surface area (Å²) in [6, 6.07) is 10.7. The van der Waals surface area contributed by atoms with Gasteiger partial charge in [-0.25, -0.2) is 9.18 Å². The zero-order valence-corrected chi connectivity index (χ0v) is 10.2. The van der Waals surface area contributed by atoms with Gasteiger partial charge in [-0.2, -0.15) is 0 Å². The van der Waals surface area contributed by atoms with Crippen LogP contribution in [0.25, 0.3) is 0 Å². The first kappa shape index (κ1) is 12.9. The summed E-state index contributed by atoms with van der Waals surface area (Å²) in [5, 5.41) is 12.0. The quantitative estimate of drug-likeness (QED) is 0.886. The van der Waals surface area contributed by atoms with Crippen LogP contribution in [0.1, 0.15) is 10.4 Å². The van der Waals surface area contributed by atoms with Gasteiger partial charge in [-0.05, 0) is 24.3 Å². The molecule has 0 atom stereocenters. The number of benzene rings is 2. The number of hydrogen-bond donors (Lipinski definition) is 2. The molecule has 0 aliphatic rings. The third-order valence-corrected chi connectivity index (χ3v) is 2.59. The number of ether oxygens (including phenoxy) is 1. The highest BCUT2D eigenvalue weighted by molar-refractivity contribution is 5.95. The van der Waals surface area contributed by atoms with E-state index < -0.39 is 11.8 Å². The zero-order valence-electron chi connectivity index (χ0n) is 10.2. The van der Waals surface area contributed by atoms with Crippen molar-refractivity contribution in [1.29, 1.82) is 0 Å². The van der Waals surface area contributed by atoms with Crippen LogP contribution in [-0.2, 0) is 0 Å². The number of hydrogen-bond acceptors (Lipinski definition) is 3. The fourth-order valence-electron chi connectivity index (χ4n) is 1.67. The van der Waals surface area contributed by atoms with Crippen LogP contribution in [-0.4, -0.2) is 18.2 Å². The monoisotopic (exact) mass is 261 g/mol. The fraction of sp³-hybridized carbons (Fsp3) is 0.0714. The standard InChI is InChI=1S/C14H12FNO3/c1-19-13-8-9(6-7-11(13)15)16-12-5-3-2-4-10(12)14(17)18/h2-8,16H,1H3,(H,17,18). The van der Waals surface area contributed by atoms with Crippen molar-refractivity contribution >= 4 is 17.3 Å². The minimum atomic E-state index is -1.03. The van der Waals surface area contributed by atoms with E-state index in [1.54, 1.807) is 18.2 Å². The van der Waals surface area contributed by atoms with Gasteiger partial charge in [0.25, 0.3) is 0 Å². The summed E-state index contributed by atoms with van der Waals surface area (Å²) in [5.41, 5.74) is 1.13. The van der Waals surface area contributed by atoms with Crippen molar-refractivity contribution in [3.8, 4) is 5.75 Å². The van der Waals surface area contributed by atoms with Crippen molar-refractivity contribution in [3.63, 3.8) is 0 Å². The molecule has 0 amide bonds. The molecule has 0 unspecified atom stereocenters. The first-order valence-corrected chi connectivity index (χ1v) is 5.54. The maximum atomic E-state index is 13.3. The number of methoxy groups -OCH3 is 1. The number of carbonyl (C=O) groups is 1. The lowest BCUT2D eigenvalue weighted by molar-refractivity contribution is 0.0698. The van der Waals surface area contributed by atoms with Crippen molar-refractivity contribution in [2.24, 2.45) is 0 Å². The largest absolute Gasteiger partial charge is 0.494 e. The Kier molecular flexibility index (Phi) is 3.66. The van der Waals surface area contributed by atoms with E-state index in [1.807, 2.05) is 0 Å². The summed E-state index contributed by atoms with van der Waals surface area (Å²) in [4.78, 5) is 11.1. The van der Waals surface area contributed by atoms with E-state index >= 15 is 0 Å². The number of halogens is 1. The van der Waals surface area contributed by atoms with E-state index in [2.05, 4.69) is 5.32 Å². The van der Waals surface area contributed by atoms with Gasteiger partial charge in [0.15, 0.2) is 11.6 Å². The van der Waals surface area contributed by atoms with Gasteiger partial charge in [-0.1, -0.05) is 12.1 Å². The number of carboxylic acids is 1. The molecule has 2 aromatic rings. The average Bonchev–Trinajstić information content (AvgIpc) is 2.41. The topological polar surface area (TPSA) is 58.6 Å². The molecule has 0 aliphatic heterocycles. The number of nitrogens with one attached hydrogen (secondary N) is 1. The lowest BCUT2D eigenvalue weighted by atomic mass is 10.1. The second-order valence-electron chi connectivity index (χ2n) is 3.83. The summed E-state index contributed by atoms with van der Waals surface area (Å²) in [5.74, 6) is -1.41. The van der Waals surface area contributed by atoms with Gasteiger partial charge in [-0.3, -0.25) is 0 Å². The Morgan fingerprint density at radius 3 is 2.68 bits per heavy atom. The second kappa shape index (κ2) is 5.39. The number of aromatic carboxylic acids is 1. The minimum Gasteiger partial charge on any atom is -0.494 e. The maximum absolute atomic E-state index is 13.3. The molecule has 0 aliphatic carbocycles. The maximum Gasteiger partial charge on any atom is 0.337 e. The first-order chi connectivity index (χ1) is 9.11. The van der Waals surface area contributed by atoms with E-state index in [0.717, 1.165) is 0 Å². The lowest BCUT2D eigenvalue weighted by Gasteiger charge is -2.10. The van der Waals surface area contributed by atoms with Gasteiger partial charge in [0.2, 0.25) is 0 Å². The molecule has 0 spiro atoms. The Bertz CT molecular complexity index is 613. The zero-order chi connectivity index (χ0) is 13.8. The Morgan fingerprint density at radius 2 is 2.00 bits per heavy atom. The summed E-state index contributed by atoms with van der Waals surface area (Å²) in [6.07, 6.45) is 0. The van der Waals surface area contributed by atoms with Crippen LogP contribution in [0.15, 0.2) is 42.5 Å². The SMILES string of the molecule is COc1cc(Nc2ccccc2C(=O)O)ccc1F. The van der Waals surface area contributed by atoms with Crippen LogP contribution < -0.4 is 10.1 Å². The van der Waals surface area contributed by atoms with Crippen LogP contribution in [0.5, 0.6) is 5.75 Å². The van der Waals surface area contributed by atoms with E-state index in [0.29, 0.717) is 11.4 Å². The van der Waals surface area contributed by atoms with Crippen molar-refractivity contribution in [2.75, 3.05) is 12.4 Å². The van der Waals surface area contributed by atoms with Gasteiger partial charge in [0.05, 0.1) is 18.4 Å². The van der Waals surface area contributed by atoms with Crippen LogP contribution >= 0.6 is 0 Å². The van der Waals surface area contributed by atoms with Gasteiger partial charge < -0.3 is 15.2 Å². The van der Waals surface area contributed by atoms with Gasteiger partial charge in [-0.15, -0.1) is 0 Å². The third-order valence-electron chi connectivity index (χ3n) is 2.59. The Balaban J connectivity index is 2.34. The molecule has 0 aromatic heterocycles. The number of para-hydroxylation sites is 1. The molecular weight excluding hydrogens is 249 g/mol. The Labute approximate surface area is 109 Å². The molecule has 0 saturated carbocycles. The van der Waals surface area contributed by atoms with Crippen LogP contribution in [0.3, 0.4) is 0 Å². The lowest BCUT2D eigenvalue weighted by Crippen LogP contribution is -2.02. The Morgan fingerprint density at radius 1 is 1.26 bits per heavy atom.